The molecule has 0 bridgehead atoms. The van der Waals surface area contributed by atoms with Crippen LogP contribution in [0.1, 0.15) is 34.7 Å². The fraction of sp³-hybridized carbons (Fsp3) is 0.273. The number of carbonyl (C=O) groups is 2. The number of anilines is 1. The summed E-state index contributed by atoms with van der Waals surface area (Å²) in [7, 11) is 3.32. The van der Waals surface area contributed by atoms with Gasteiger partial charge in [-0.15, -0.1) is 10.2 Å². The van der Waals surface area contributed by atoms with Crippen molar-refractivity contribution in [3.8, 4) is 5.75 Å². The molecule has 1 aromatic heterocycles. The van der Waals surface area contributed by atoms with Crippen molar-refractivity contribution in [2.75, 3.05) is 18.2 Å². The number of ether oxygens (including phenoxy) is 1. The Balaban J connectivity index is 1.60. The van der Waals surface area contributed by atoms with Gasteiger partial charge in [0.15, 0.2) is 11.0 Å². The molecule has 1 heterocycles. The van der Waals surface area contributed by atoms with Crippen LogP contribution in [0.5, 0.6) is 5.75 Å². The number of methoxy groups -OCH3 is 1. The number of rotatable bonds is 8. The third kappa shape index (κ3) is 5.80. The molecule has 0 spiro atoms. The average Bonchev–Trinajstić information content (AvgIpc) is 3.13. The minimum absolute atomic E-state index is 0.117. The molecule has 0 saturated carbocycles. The van der Waals surface area contributed by atoms with Crippen molar-refractivity contribution in [3.05, 3.63) is 64.4 Å². The molecule has 0 saturated heterocycles. The molecule has 2 amide bonds. The molecule has 3 rings (SSSR count). The van der Waals surface area contributed by atoms with Crippen molar-refractivity contribution in [1.29, 1.82) is 0 Å². The topological polar surface area (TPSA) is 98.1 Å². The highest BCUT2D eigenvalue weighted by molar-refractivity contribution is 7.99. The first-order valence-electron chi connectivity index (χ1n) is 9.81. The second-order valence-corrected chi connectivity index (χ2v) is 8.52. The molecule has 0 aliphatic rings. The van der Waals surface area contributed by atoms with Gasteiger partial charge in [-0.2, -0.15) is 0 Å². The monoisotopic (exact) mass is 473 g/mol. The summed E-state index contributed by atoms with van der Waals surface area (Å²) in [5.74, 6) is 0.803. The lowest BCUT2D eigenvalue weighted by molar-refractivity contribution is -0.113. The maximum Gasteiger partial charge on any atom is 0.251 e. The molecule has 2 N–H and O–H groups in total. The number of hydrogen-bond donors (Lipinski definition) is 2. The lowest BCUT2D eigenvalue weighted by Gasteiger charge is -2.14. The van der Waals surface area contributed by atoms with Gasteiger partial charge < -0.3 is 19.9 Å². The molecular weight excluding hydrogens is 450 g/mol. The Kier molecular flexibility index (Phi) is 7.76. The molecule has 0 aliphatic heterocycles. The second kappa shape index (κ2) is 10.5. The first kappa shape index (κ1) is 23.6. The molecule has 0 fully saturated rings. The van der Waals surface area contributed by atoms with E-state index in [-0.39, 0.29) is 23.6 Å². The van der Waals surface area contributed by atoms with Crippen molar-refractivity contribution in [2.24, 2.45) is 7.05 Å². The smallest absolute Gasteiger partial charge is 0.251 e. The van der Waals surface area contributed by atoms with Crippen LogP contribution < -0.4 is 15.4 Å². The van der Waals surface area contributed by atoms with E-state index in [4.69, 9.17) is 16.3 Å². The zero-order valence-electron chi connectivity index (χ0n) is 18.2. The van der Waals surface area contributed by atoms with Gasteiger partial charge in [0.25, 0.3) is 5.91 Å². The molecule has 32 heavy (non-hydrogen) atoms. The van der Waals surface area contributed by atoms with Gasteiger partial charge in [-0.3, -0.25) is 9.59 Å². The van der Waals surface area contributed by atoms with E-state index in [0.717, 1.165) is 5.56 Å². The zero-order valence-corrected chi connectivity index (χ0v) is 19.8. The van der Waals surface area contributed by atoms with Crippen molar-refractivity contribution < 1.29 is 14.3 Å². The maximum absolute atomic E-state index is 12.5. The van der Waals surface area contributed by atoms with Crippen LogP contribution in [0.2, 0.25) is 5.02 Å². The Morgan fingerprint density at radius 2 is 2.00 bits per heavy atom. The van der Waals surface area contributed by atoms with Gasteiger partial charge in [0.05, 0.1) is 24.6 Å². The van der Waals surface area contributed by atoms with Gasteiger partial charge in [-0.1, -0.05) is 41.1 Å². The van der Waals surface area contributed by atoms with E-state index in [1.165, 1.54) is 18.9 Å². The van der Waals surface area contributed by atoms with Crippen LogP contribution in [0.4, 0.5) is 5.69 Å². The third-order valence-corrected chi connectivity index (χ3v) is 5.91. The van der Waals surface area contributed by atoms with Crippen LogP contribution in [0.15, 0.2) is 47.6 Å². The summed E-state index contributed by atoms with van der Waals surface area (Å²) >= 11 is 7.24. The van der Waals surface area contributed by atoms with Crippen molar-refractivity contribution in [1.82, 2.24) is 20.1 Å². The molecule has 8 nitrogen and oxygen atoms in total. The summed E-state index contributed by atoms with van der Waals surface area (Å²) in [5, 5.41) is 15.1. The normalized spacial score (nSPS) is 11.7. The minimum atomic E-state index is -0.362. The van der Waals surface area contributed by atoms with Gasteiger partial charge in [0.2, 0.25) is 5.91 Å². The third-order valence-electron chi connectivity index (χ3n) is 4.65. The van der Waals surface area contributed by atoms with Crippen molar-refractivity contribution >= 4 is 40.9 Å². The summed E-state index contributed by atoms with van der Waals surface area (Å²) in [6, 6.07) is 12.0. The SMILES string of the molecule is COc1ccc(Cl)cc1NC(=O)CSc1nnc(C(C)NC(=O)c2cccc(C)c2)n1C. The van der Waals surface area contributed by atoms with E-state index in [1.807, 2.05) is 32.0 Å². The molecular formula is C22H24ClN5O3S. The summed E-state index contributed by atoms with van der Waals surface area (Å²) in [6.07, 6.45) is 0. The Bertz CT molecular complexity index is 1130. The molecule has 1 atom stereocenters. The zero-order chi connectivity index (χ0) is 23.3. The van der Waals surface area contributed by atoms with Crippen LogP contribution in [0.3, 0.4) is 0 Å². The number of nitrogens with one attached hydrogen (secondary N) is 2. The highest BCUT2D eigenvalue weighted by Crippen LogP contribution is 2.28. The minimum Gasteiger partial charge on any atom is -0.495 e. The fourth-order valence-corrected chi connectivity index (χ4v) is 3.94. The summed E-state index contributed by atoms with van der Waals surface area (Å²) in [5.41, 5.74) is 2.09. The maximum atomic E-state index is 12.5. The Labute approximate surface area is 195 Å². The first-order chi connectivity index (χ1) is 15.3. The van der Waals surface area contributed by atoms with Crippen LogP contribution in [-0.2, 0) is 11.8 Å². The molecule has 168 valence electrons. The van der Waals surface area contributed by atoms with Crippen LogP contribution >= 0.6 is 23.4 Å². The van der Waals surface area contributed by atoms with Crippen molar-refractivity contribution in [3.63, 3.8) is 0 Å². The quantitative estimate of drug-likeness (QED) is 0.480. The van der Waals surface area contributed by atoms with E-state index in [1.54, 1.807) is 35.9 Å². The standard InChI is InChI=1S/C22H24ClN5O3S/c1-13-6-5-7-15(10-13)21(30)24-14(2)20-26-27-22(28(20)3)32-12-19(29)25-17-11-16(23)8-9-18(17)31-4/h5-11,14H,12H2,1-4H3,(H,24,30)(H,25,29). The first-order valence-corrected chi connectivity index (χ1v) is 11.2. The van der Waals surface area contributed by atoms with Gasteiger partial charge in [-0.25, -0.2) is 0 Å². The average molecular weight is 474 g/mol. The van der Waals surface area contributed by atoms with E-state index in [9.17, 15) is 9.59 Å². The van der Waals surface area contributed by atoms with Crippen LogP contribution in [0.25, 0.3) is 0 Å². The van der Waals surface area contributed by atoms with Crippen LogP contribution in [-0.4, -0.2) is 39.4 Å². The second-order valence-electron chi connectivity index (χ2n) is 7.15. The van der Waals surface area contributed by atoms with Crippen molar-refractivity contribution in [2.45, 2.75) is 25.0 Å². The fourth-order valence-electron chi connectivity index (χ4n) is 3.05. The molecule has 0 radical (unpaired) electrons. The molecule has 2 aromatic carbocycles. The predicted octanol–water partition coefficient (Wildman–Crippen LogP) is 4.01. The molecule has 3 aromatic rings. The largest absolute Gasteiger partial charge is 0.495 e. The Hall–Kier alpha value is -3.04. The van der Waals surface area contributed by atoms with E-state index < -0.39 is 0 Å². The summed E-state index contributed by atoms with van der Waals surface area (Å²) in [6.45, 7) is 3.77. The number of benzene rings is 2. The number of nitrogens with zero attached hydrogens (tertiary/aromatic N) is 3. The highest BCUT2D eigenvalue weighted by atomic mass is 35.5. The lowest BCUT2D eigenvalue weighted by Crippen LogP contribution is -2.28. The Morgan fingerprint density at radius 1 is 1.22 bits per heavy atom. The number of amides is 2. The number of halogens is 1. The van der Waals surface area contributed by atoms with Gasteiger partial charge >= 0.3 is 0 Å². The summed E-state index contributed by atoms with van der Waals surface area (Å²) < 4.78 is 7.00. The van der Waals surface area contributed by atoms with E-state index in [2.05, 4.69) is 20.8 Å². The molecule has 1 unspecified atom stereocenters. The van der Waals surface area contributed by atoms with E-state index in [0.29, 0.717) is 33.0 Å². The van der Waals surface area contributed by atoms with Gasteiger partial charge in [-0.05, 0) is 44.2 Å². The number of aromatic nitrogens is 3. The number of hydrogen-bond acceptors (Lipinski definition) is 6. The lowest BCUT2D eigenvalue weighted by atomic mass is 10.1. The van der Waals surface area contributed by atoms with Crippen LogP contribution in [0, 0.1) is 6.92 Å². The number of carbonyl (C=O) groups excluding carboxylic acids is 2. The predicted molar refractivity (Wildman–Crippen MR) is 125 cm³/mol. The Morgan fingerprint density at radius 3 is 2.72 bits per heavy atom. The molecule has 0 aliphatic carbocycles. The number of thioether (sulfide) groups is 1. The van der Waals surface area contributed by atoms with E-state index >= 15 is 0 Å². The number of aryl methyl sites for hydroxylation is 1. The summed E-state index contributed by atoms with van der Waals surface area (Å²) in [4.78, 5) is 24.9. The van der Waals surface area contributed by atoms with Gasteiger partial charge in [0.1, 0.15) is 5.75 Å². The molecule has 10 heteroatoms. The highest BCUT2D eigenvalue weighted by Gasteiger charge is 2.19. The van der Waals surface area contributed by atoms with Gasteiger partial charge in [0, 0.05) is 17.6 Å².